The summed E-state index contributed by atoms with van der Waals surface area (Å²) in [6.07, 6.45) is 3.98. The zero-order valence-electron chi connectivity index (χ0n) is 13.6. The highest BCUT2D eigenvalue weighted by molar-refractivity contribution is 5.94. The molecule has 1 aliphatic carbocycles. The zero-order valence-corrected chi connectivity index (χ0v) is 13.6. The Balaban J connectivity index is 1.57. The number of pyridine rings is 1. The molecule has 0 radical (unpaired) electrons. The largest absolute Gasteiger partial charge is 0.467 e. The number of fused-ring (bicyclic) bond motifs is 1. The van der Waals surface area contributed by atoms with Crippen molar-refractivity contribution in [2.45, 2.75) is 18.9 Å². The fourth-order valence-corrected chi connectivity index (χ4v) is 2.85. The van der Waals surface area contributed by atoms with Crippen molar-refractivity contribution in [3.63, 3.8) is 0 Å². The molecular weight excluding hydrogens is 322 g/mol. The van der Waals surface area contributed by atoms with Crippen LogP contribution in [0.15, 0.2) is 30.6 Å². The number of ether oxygens (including phenoxy) is 1. The lowest BCUT2D eigenvalue weighted by atomic mass is 9.82. The minimum atomic E-state index is -0.359. The molecule has 1 saturated carbocycles. The van der Waals surface area contributed by atoms with E-state index in [1.807, 2.05) is 6.07 Å². The van der Waals surface area contributed by atoms with Gasteiger partial charge in [-0.05, 0) is 25.0 Å². The van der Waals surface area contributed by atoms with Crippen LogP contribution in [0.4, 0.5) is 5.82 Å². The van der Waals surface area contributed by atoms with Crippen LogP contribution in [0.1, 0.15) is 12.8 Å². The molecule has 8 heteroatoms. The number of aromatic amines is 1. The number of rotatable bonds is 4. The van der Waals surface area contributed by atoms with Crippen LogP contribution in [0.3, 0.4) is 0 Å². The van der Waals surface area contributed by atoms with Gasteiger partial charge in [-0.1, -0.05) is 0 Å². The number of H-pyrrole nitrogens is 1. The standard InChI is InChI=1S/C17H17N5O3/c1-25-17-18-3-2-12(21-17)14-6-10-8-19-15(7-13(10)20-14)22-16(24)9-4-11(23)5-9/h2-3,6-9,11,20,23H,4-5H2,1H3,(H,19,22,24)/t9-,11-. The highest BCUT2D eigenvalue weighted by Crippen LogP contribution is 2.29. The number of carbonyl (C=O) groups is 1. The zero-order chi connectivity index (χ0) is 17.4. The molecule has 0 saturated heterocycles. The van der Waals surface area contributed by atoms with Crippen LogP contribution >= 0.6 is 0 Å². The predicted octanol–water partition coefficient (Wildman–Crippen LogP) is 1.74. The van der Waals surface area contributed by atoms with Crippen LogP contribution in [-0.2, 0) is 4.79 Å². The van der Waals surface area contributed by atoms with Crippen molar-refractivity contribution in [1.82, 2.24) is 19.9 Å². The maximum atomic E-state index is 12.1. The number of nitrogens with zero attached hydrogens (tertiary/aromatic N) is 3. The van der Waals surface area contributed by atoms with E-state index >= 15 is 0 Å². The molecule has 3 N–H and O–H groups in total. The van der Waals surface area contributed by atoms with Crippen LogP contribution in [0.2, 0.25) is 0 Å². The van der Waals surface area contributed by atoms with E-state index in [1.54, 1.807) is 24.5 Å². The summed E-state index contributed by atoms with van der Waals surface area (Å²) in [5.41, 5.74) is 2.35. The van der Waals surface area contributed by atoms with Gasteiger partial charge in [-0.25, -0.2) is 9.97 Å². The predicted molar refractivity (Wildman–Crippen MR) is 91.0 cm³/mol. The summed E-state index contributed by atoms with van der Waals surface area (Å²) < 4.78 is 5.05. The first-order valence-electron chi connectivity index (χ1n) is 7.97. The number of nitrogens with one attached hydrogen (secondary N) is 2. The Kier molecular flexibility index (Phi) is 3.81. The molecule has 3 aromatic rings. The second-order valence-electron chi connectivity index (χ2n) is 6.08. The number of hydrogen-bond acceptors (Lipinski definition) is 6. The number of aliphatic hydroxyl groups excluding tert-OH is 1. The first kappa shape index (κ1) is 15.5. The summed E-state index contributed by atoms with van der Waals surface area (Å²) in [7, 11) is 1.52. The Morgan fingerprint density at radius 2 is 2.20 bits per heavy atom. The second-order valence-corrected chi connectivity index (χ2v) is 6.08. The number of hydrogen-bond donors (Lipinski definition) is 3. The van der Waals surface area contributed by atoms with Crippen molar-refractivity contribution >= 4 is 22.6 Å². The van der Waals surface area contributed by atoms with Gasteiger partial charge in [0.25, 0.3) is 0 Å². The lowest BCUT2D eigenvalue weighted by molar-refractivity contribution is -0.126. The highest BCUT2D eigenvalue weighted by Gasteiger charge is 2.33. The monoisotopic (exact) mass is 339 g/mol. The van der Waals surface area contributed by atoms with Gasteiger partial charge in [0.1, 0.15) is 5.82 Å². The molecular formula is C17H17N5O3. The van der Waals surface area contributed by atoms with Crippen molar-refractivity contribution in [3.05, 3.63) is 30.6 Å². The van der Waals surface area contributed by atoms with E-state index in [2.05, 4.69) is 25.3 Å². The Bertz CT molecular complexity index is 933. The van der Waals surface area contributed by atoms with E-state index < -0.39 is 0 Å². The Labute approximate surface area is 143 Å². The molecule has 0 atom stereocenters. The lowest BCUT2D eigenvalue weighted by Crippen LogP contribution is -2.37. The molecule has 0 aromatic carbocycles. The van der Waals surface area contributed by atoms with E-state index in [1.165, 1.54) is 7.11 Å². The van der Waals surface area contributed by atoms with Gasteiger partial charge in [-0.2, -0.15) is 4.98 Å². The molecule has 1 fully saturated rings. The Morgan fingerprint density at radius 3 is 2.96 bits per heavy atom. The van der Waals surface area contributed by atoms with Gasteiger partial charge in [0.15, 0.2) is 0 Å². The average Bonchev–Trinajstić information content (AvgIpc) is 3.02. The third kappa shape index (κ3) is 3.03. The highest BCUT2D eigenvalue weighted by atomic mass is 16.5. The van der Waals surface area contributed by atoms with Crippen LogP contribution in [-0.4, -0.2) is 44.2 Å². The molecule has 4 rings (SSSR count). The topological polar surface area (TPSA) is 113 Å². The van der Waals surface area contributed by atoms with Gasteiger partial charge in [0.05, 0.1) is 30.1 Å². The molecule has 0 unspecified atom stereocenters. The summed E-state index contributed by atoms with van der Waals surface area (Å²) >= 11 is 0. The fraction of sp³-hybridized carbons (Fsp3) is 0.294. The number of methoxy groups -OCH3 is 1. The molecule has 0 aliphatic heterocycles. The average molecular weight is 339 g/mol. The van der Waals surface area contributed by atoms with Crippen molar-refractivity contribution < 1.29 is 14.6 Å². The van der Waals surface area contributed by atoms with Gasteiger partial charge in [0, 0.05) is 29.8 Å². The van der Waals surface area contributed by atoms with Crippen LogP contribution < -0.4 is 10.1 Å². The van der Waals surface area contributed by atoms with E-state index in [0.29, 0.717) is 30.4 Å². The minimum Gasteiger partial charge on any atom is -0.467 e. The molecule has 0 spiro atoms. The summed E-state index contributed by atoms with van der Waals surface area (Å²) in [6.45, 7) is 0. The summed E-state index contributed by atoms with van der Waals surface area (Å²) in [5.74, 6) is 0.234. The number of anilines is 1. The van der Waals surface area contributed by atoms with E-state index in [9.17, 15) is 9.90 Å². The van der Waals surface area contributed by atoms with E-state index in [4.69, 9.17) is 4.74 Å². The van der Waals surface area contributed by atoms with Crippen LogP contribution in [0.25, 0.3) is 22.3 Å². The van der Waals surface area contributed by atoms with Crippen molar-refractivity contribution in [2.75, 3.05) is 12.4 Å². The first-order chi connectivity index (χ1) is 12.1. The molecule has 0 bridgehead atoms. The molecule has 25 heavy (non-hydrogen) atoms. The quantitative estimate of drug-likeness (QED) is 0.667. The third-order valence-corrected chi connectivity index (χ3v) is 4.33. The number of amides is 1. The number of aromatic nitrogens is 4. The fourth-order valence-electron chi connectivity index (χ4n) is 2.85. The molecule has 128 valence electrons. The molecule has 3 heterocycles. The number of carbonyl (C=O) groups excluding carboxylic acids is 1. The Morgan fingerprint density at radius 1 is 1.36 bits per heavy atom. The Hall–Kier alpha value is -3.00. The van der Waals surface area contributed by atoms with Gasteiger partial charge in [-0.15, -0.1) is 0 Å². The van der Waals surface area contributed by atoms with Gasteiger partial charge < -0.3 is 20.1 Å². The van der Waals surface area contributed by atoms with E-state index in [-0.39, 0.29) is 17.9 Å². The maximum absolute atomic E-state index is 12.1. The normalized spacial score (nSPS) is 19.4. The molecule has 8 nitrogen and oxygen atoms in total. The van der Waals surface area contributed by atoms with E-state index in [0.717, 1.165) is 16.6 Å². The first-order valence-corrected chi connectivity index (χ1v) is 7.97. The van der Waals surface area contributed by atoms with Crippen molar-refractivity contribution in [3.8, 4) is 17.4 Å². The van der Waals surface area contributed by atoms with Gasteiger partial charge >= 0.3 is 6.01 Å². The summed E-state index contributed by atoms with van der Waals surface area (Å²) in [6, 6.07) is 5.79. The molecule has 1 amide bonds. The van der Waals surface area contributed by atoms with Crippen molar-refractivity contribution in [2.24, 2.45) is 5.92 Å². The second kappa shape index (κ2) is 6.14. The third-order valence-electron chi connectivity index (χ3n) is 4.33. The SMILES string of the molecule is COc1nccc(-c2cc3cnc(NC(=O)[C@H]4C[C@H](O)C4)cc3[nH]2)n1. The maximum Gasteiger partial charge on any atom is 0.316 e. The van der Waals surface area contributed by atoms with Crippen LogP contribution in [0, 0.1) is 5.92 Å². The van der Waals surface area contributed by atoms with Crippen molar-refractivity contribution in [1.29, 1.82) is 0 Å². The smallest absolute Gasteiger partial charge is 0.316 e. The van der Waals surface area contributed by atoms with Gasteiger partial charge in [-0.3, -0.25) is 4.79 Å². The summed E-state index contributed by atoms with van der Waals surface area (Å²) in [4.78, 5) is 27.9. The molecule has 1 aliphatic rings. The number of aliphatic hydroxyl groups is 1. The minimum absolute atomic E-state index is 0.107. The molecule has 3 aromatic heterocycles. The van der Waals surface area contributed by atoms with Gasteiger partial charge in [0.2, 0.25) is 5.91 Å². The lowest BCUT2D eigenvalue weighted by Gasteiger charge is -2.29. The summed E-state index contributed by atoms with van der Waals surface area (Å²) in [5, 5.41) is 13.0. The van der Waals surface area contributed by atoms with Crippen LogP contribution in [0.5, 0.6) is 6.01 Å².